The third-order valence-corrected chi connectivity index (χ3v) is 3.57. The number of nitrogens with zero attached hydrogens (tertiary/aromatic N) is 2. The number of nitrogens with one attached hydrogen (secondary N) is 1. The highest BCUT2D eigenvalue weighted by atomic mass is 15.3. The lowest BCUT2D eigenvalue weighted by Gasteiger charge is -2.11. The van der Waals surface area contributed by atoms with Crippen molar-refractivity contribution in [2.24, 2.45) is 0 Å². The quantitative estimate of drug-likeness (QED) is 0.806. The molecule has 0 saturated carbocycles. The Balaban J connectivity index is 1.75. The summed E-state index contributed by atoms with van der Waals surface area (Å²) in [5.74, 6) is 0. The lowest BCUT2D eigenvalue weighted by molar-refractivity contribution is 0.543. The minimum absolute atomic E-state index is 0.950. The molecule has 0 fully saturated rings. The van der Waals surface area contributed by atoms with Crippen LogP contribution in [0.1, 0.15) is 28.7 Å². The Morgan fingerprint density at radius 3 is 2.63 bits per heavy atom. The van der Waals surface area contributed by atoms with E-state index in [4.69, 9.17) is 0 Å². The first-order valence-electron chi connectivity index (χ1n) is 6.91. The number of rotatable bonds is 6. The summed E-state index contributed by atoms with van der Waals surface area (Å²) in [5, 5.41) is 7.71. The molecule has 1 aromatic heterocycles. The Labute approximate surface area is 115 Å². The standard InChI is InChI=1S/C16H23N3/c1-13-10-15(3)16(11-14(13)2)12-17-6-4-8-19-9-5-7-18-19/h5,7,9-11,17H,4,6,8,12H2,1-3H3. The highest BCUT2D eigenvalue weighted by molar-refractivity contribution is 5.36. The second-order valence-corrected chi connectivity index (χ2v) is 5.16. The molecule has 0 aliphatic rings. The van der Waals surface area contributed by atoms with E-state index in [9.17, 15) is 0 Å². The Bertz CT molecular complexity index is 515. The number of benzene rings is 1. The molecule has 0 radical (unpaired) electrons. The van der Waals surface area contributed by atoms with Crippen molar-refractivity contribution < 1.29 is 0 Å². The number of aromatic nitrogens is 2. The van der Waals surface area contributed by atoms with Crippen LogP contribution in [0.4, 0.5) is 0 Å². The molecule has 102 valence electrons. The molecule has 0 unspecified atom stereocenters. The number of hydrogen-bond donors (Lipinski definition) is 1. The predicted octanol–water partition coefficient (Wildman–Crippen LogP) is 2.99. The predicted molar refractivity (Wildman–Crippen MR) is 79.2 cm³/mol. The zero-order chi connectivity index (χ0) is 13.7. The Morgan fingerprint density at radius 1 is 1.11 bits per heavy atom. The van der Waals surface area contributed by atoms with Crippen LogP contribution in [-0.4, -0.2) is 16.3 Å². The minimum atomic E-state index is 0.950. The maximum absolute atomic E-state index is 4.20. The molecule has 1 heterocycles. The van der Waals surface area contributed by atoms with E-state index in [1.165, 1.54) is 22.3 Å². The van der Waals surface area contributed by atoms with Crippen LogP contribution >= 0.6 is 0 Å². The van der Waals surface area contributed by atoms with E-state index in [-0.39, 0.29) is 0 Å². The zero-order valence-electron chi connectivity index (χ0n) is 12.1. The molecule has 1 N–H and O–H groups in total. The SMILES string of the molecule is Cc1cc(C)c(CNCCCn2cccn2)cc1C. The van der Waals surface area contributed by atoms with Crippen molar-refractivity contribution in [1.82, 2.24) is 15.1 Å². The van der Waals surface area contributed by atoms with Crippen LogP contribution in [-0.2, 0) is 13.1 Å². The maximum Gasteiger partial charge on any atom is 0.0489 e. The summed E-state index contributed by atoms with van der Waals surface area (Å²) in [4.78, 5) is 0. The summed E-state index contributed by atoms with van der Waals surface area (Å²) in [5.41, 5.74) is 5.53. The van der Waals surface area contributed by atoms with Gasteiger partial charge in [-0.15, -0.1) is 0 Å². The smallest absolute Gasteiger partial charge is 0.0489 e. The monoisotopic (exact) mass is 257 g/mol. The molecule has 0 amide bonds. The molecule has 0 aliphatic carbocycles. The van der Waals surface area contributed by atoms with Crippen LogP contribution < -0.4 is 5.32 Å². The molecule has 0 bridgehead atoms. The fraction of sp³-hybridized carbons (Fsp3) is 0.438. The van der Waals surface area contributed by atoms with Gasteiger partial charge in [-0.25, -0.2) is 0 Å². The summed E-state index contributed by atoms with van der Waals surface area (Å²) in [6.45, 7) is 9.48. The first-order chi connectivity index (χ1) is 9.16. The lowest BCUT2D eigenvalue weighted by atomic mass is 10.0. The van der Waals surface area contributed by atoms with Crippen LogP contribution in [0.25, 0.3) is 0 Å². The molecule has 2 rings (SSSR count). The molecule has 0 aliphatic heterocycles. The van der Waals surface area contributed by atoms with Gasteiger partial charge in [0.05, 0.1) is 0 Å². The summed E-state index contributed by atoms with van der Waals surface area (Å²) < 4.78 is 1.98. The average Bonchev–Trinajstić information content (AvgIpc) is 2.88. The van der Waals surface area contributed by atoms with E-state index in [2.05, 4.69) is 43.3 Å². The van der Waals surface area contributed by atoms with Gasteiger partial charge in [-0.3, -0.25) is 4.68 Å². The molecule has 0 atom stereocenters. The van der Waals surface area contributed by atoms with Crippen molar-refractivity contribution in [1.29, 1.82) is 0 Å². The second-order valence-electron chi connectivity index (χ2n) is 5.16. The normalized spacial score (nSPS) is 10.9. The fourth-order valence-corrected chi connectivity index (χ4v) is 2.23. The molecule has 3 heteroatoms. The molecular weight excluding hydrogens is 234 g/mol. The van der Waals surface area contributed by atoms with Gasteiger partial charge < -0.3 is 5.32 Å². The van der Waals surface area contributed by atoms with Crippen molar-refractivity contribution in [2.45, 2.75) is 40.3 Å². The number of hydrogen-bond acceptors (Lipinski definition) is 2. The van der Waals surface area contributed by atoms with Gasteiger partial charge in [-0.05, 0) is 62.1 Å². The van der Waals surface area contributed by atoms with Crippen LogP contribution in [0.15, 0.2) is 30.6 Å². The van der Waals surface area contributed by atoms with E-state index < -0.39 is 0 Å². The molecule has 19 heavy (non-hydrogen) atoms. The summed E-state index contributed by atoms with van der Waals surface area (Å²) in [6.07, 6.45) is 4.94. The van der Waals surface area contributed by atoms with Crippen molar-refractivity contribution in [3.63, 3.8) is 0 Å². The lowest BCUT2D eigenvalue weighted by Crippen LogP contribution is -2.17. The van der Waals surface area contributed by atoms with Gasteiger partial charge in [0.2, 0.25) is 0 Å². The van der Waals surface area contributed by atoms with Crippen LogP contribution in [0.3, 0.4) is 0 Å². The maximum atomic E-state index is 4.20. The van der Waals surface area contributed by atoms with E-state index in [0.29, 0.717) is 0 Å². The minimum Gasteiger partial charge on any atom is -0.313 e. The Kier molecular flexibility index (Phi) is 4.74. The Hall–Kier alpha value is -1.61. The van der Waals surface area contributed by atoms with Gasteiger partial charge >= 0.3 is 0 Å². The summed E-state index contributed by atoms with van der Waals surface area (Å²) >= 11 is 0. The first kappa shape index (κ1) is 13.8. The van der Waals surface area contributed by atoms with E-state index in [1.54, 1.807) is 0 Å². The van der Waals surface area contributed by atoms with Crippen LogP contribution in [0.5, 0.6) is 0 Å². The third kappa shape index (κ3) is 3.93. The van der Waals surface area contributed by atoms with Gasteiger partial charge in [0.15, 0.2) is 0 Å². The van der Waals surface area contributed by atoms with Crippen LogP contribution in [0, 0.1) is 20.8 Å². The van der Waals surface area contributed by atoms with Crippen LogP contribution in [0.2, 0.25) is 0 Å². The molecule has 1 aromatic carbocycles. The molecular formula is C16H23N3. The first-order valence-corrected chi connectivity index (χ1v) is 6.91. The van der Waals surface area contributed by atoms with Gasteiger partial charge in [0.1, 0.15) is 0 Å². The Morgan fingerprint density at radius 2 is 1.89 bits per heavy atom. The van der Waals surface area contributed by atoms with Gasteiger partial charge in [-0.2, -0.15) is 5.10 Å². The fourth-order valence-electron chi connectivity index (χ4n) is 2.23. The molecule has 0 saturated heterocycles. The molecule has 0 spiro atoms. The van der Waals surface area contributed by atoms with Gasteiger partial charge in [-0.1, -0.05) is 12.1 Å². The van der Waals surface area contributed by atoms with E-state index >= 15 is 0 Å². The van der Waals surface area contributed by atoms with E-state index in [1.807, 2.05) is 23.1 Å². The van der Waals surface area contributed by atoms with Crippen molar-refractivity contribution in [2.75, 3.05) is 6.54 Å². The highest BCUT2D eigenvalue weighted by Gasteiger charge is 2.01. The van der Waals surface area contributed by atoms with E-state index in [0.717, 1.165) is 26.1 Å². The molecule has 3 nitrogen and oxygen atoms in total. The van der Waals surface area contributed by atoms with Crippen molar-refractivity contribution in [3.8, 4) is 0 Å². The summed E-state index contributed by atoms with van der Waals surface area (Å²) in [6, 6.07) is 6.53. The van der Waals surface area contributed by atoms with Crippen molar-refractivity contribution >= 4 is 0 Å². The largest absolute Gasteiger partial charge is 0.313 e. The molecule has 2 aromatic rings. The van der Waals surface area contributed by atoms with Gasteiger partial charge in [0, 0.05) is 25.5 Å². The summed E-state index contributed by atoms with van der Waals surface area (Å²) in [7, 11) is 0. The van der Waals surface area contributed by atoms with Gasteiger partial charge in [0.25, 0.3) is 0 Å². The number of aryl methyl sites for hydroxylation is 4. The van der Waals surface area contributed by atoms with Crippen molar-refractivity contribution in [3.05, 3.63) is 52.8 Å². The average molecular weight is 257 g/mol. The third-order valence-electron chi connectivity index (χ3n) is 3.57. The second kappa shape index (κ2) is 6.53. The zero-order valence-corrected chi connectivity index (χ0v) is 12.1. The topological polar surface area (TPSA) is 29.9 Å². The highest BCUT2D eigenvalue weighted by Crippen LogP contribution is 2.14.